The Hall–Kier alpha value is -3.98. The molecule has 0 aliphatic heterocycles. The second-order valence-electron chi connectivity index (χ2n) is 6.04. The first kappa shape index (κ1) is 19.8. The monoisotopic (exact) mass is 387 g/mol. The molecule has 0 aliphatic carbocycles. The SMILES string of the molecule is C#CCOc1ccc2ccccc2c1/C=N\NC(=O)CNc1ccccc1OC. The molecule has 3 rings (SSSR count). The van der Waals surface area contributed by atoms with Crippen molar-refractivity contribution >= 4 is 28.6 Å². The molecule has 0 heterocycles. The number of rotatable bonds is 8. The molecule has 0 unspecified atom stereocenters. The van der Waals surface area contributed by atoms with E-state index in [1.54, 1.807) is 13.3 Å². The minimum Gasteiger partial charge on any atom is -0.495 e. The highest BCUT2D eigenvalue weighted by molar-refractivity contribution is 6.02. The van der Waals surface area contributed by atoms with Crippen LogP contribution in [-0.2, 0) is 4.79 Å². The summed E-state index contributed by atoms with van der Waals surface area (Å²) in [4.78, 5) is 12.1. The van der Waals surface area contributed by atoms with Gasteiger partial charge in [-0.3, -0.25) is 4.79 Å². The van der Waals surface area contributed by atoms with E-state index in [2.05, 4.69) is 21.8 Å². The summed E-state index contributed by atoms with van der Waals surface area (Å²) in [5.74, 6) is 3.42. The van der Waals surface area contributed by atoms with E-state index in [4.69, 9.17) is 15.9 Å². The second-order valence-corrected chi connectivity index (χ2v) is 6.04. The molecule has 3 aromatic carbocycles. The van der Waals surface area contributed by atoms with Crippen molar-refractivity contribution in [1.29, 1.82) is 0 Å². The third-order valence-electron chi connectivity index (χ3n) is 4.17. The van der Waals surface area contributed by atoms with E-state index in [9.17, 15) is 4.79 Å². The highest BCUT2D eigenvalue weighted by atomic mass is 16.5. The number of hydrazone groups is 1. The Bertz CT molecular complexity index is 1070. The zero-order valence-electron chi connectivity index (χ0n) is 16.0. The fourth-order valence-corrected chi connectivity index (χ4v) is 2.83. The van der Waals surface area contributed by atoms with Gasteiger partial charge in [-0.05, 0) is 29.0 Å². The lowest BCUT2D eigenvalue weighted by Crippen LogP contribution is -2.26. The lowest BCUT2D eigenvalue weighted by molar-refractivity contribution is -0.119. The Balaban J connectivity index is 1.70. The van der Waals surface area contributed by atoms with Crippen LogP contribution < -0.4 is 20.2 Å². The van der Waals surface area contributed by atoms with Gasteiger partial charge < -0.3 is 14.8 Å². The molecule has 0 saturated heterocycles. The first-order chi connectivity index (χ1) is 14.2. The molecule has 0 spiro atoms. The molecule has 0 saturated carbocycles. The summed E-state index contributed by atoms with van der Waals surface area (Å²) in [6.07, 6.45) is 6.86. The highest BCUT2D eigenvalue weighted by Gasteiger charge is 2.08. The van der Waals surface area contributed by atoms with Gasteiger partial charge in [-0.15, -0.1) is 6.42 Å². The summed E-state index contributed by atoms with van der Waals surface area (Å²) in [7, 11) is 1.58. The molecule has 146 valence electrons. The fourth-order valence-electron chi connectivity index (χ4n) is 2.83. The topological polar surface area (TPSA) is 72.0 Å². The maximum absolute atomic E-state index is 12.1. The predicted molar refractivity (Wildman–Crippen MR) is 115 cm³/mol. The Morgan fingerprint density at radius 2 is 1.90 bits per heavy atom. The summed E-state index contributed by atoms with van der Waals surface area (Å²) in [5.41, 5.74) is 3.99. The molecule has 0 aromatic heterocycles. The number of carbonyl (C=O) groups is 1. The molecule has 0 radical (unpaired) electrons. The number of ether oxygens (including phenoxy) is 2. The van der Waals surface area contributed by atoms with Gasteiger partial charge in [0.25, 0.3) is 5.91 Å². The summed E-state index contributed by atoms with van der Waals surface area (Å²) in [6.45, 7) is 0.196. The van der Waals surface area contributed by atoms with Crippen LogP contribution in [0.4, 0.5) is 5.69 Å². The molecule has 2 N–H and O–H groups in total. The molecular formula is C23H21N3O3. The van der Waals surface area contributed by atoms with Gasteiger partial charge in [0, 0.05) is 5.56 Å². The molecule has 3 aromatic rings. The number of terminal acetylenes is 1. The van der Waals surface area contributed by atoms with Crippen LogP contribution in [0, 0.1) is 12.3 Å². The summed E-state index contributed by atoms with van der Waals surface area (Å²) >= 11 is 0. The largest absolute Gasteiger partial charge is 0.495 e. The van der Waals surface area contributed by atoms with Crippen LogP contribution in [0.25, 0.3) is 10.8 Å². The van der Waals surface area contributed by atoms with Gasteiger partial charge in [0.1, 0.15) is 18.1 Å². The fraction of sp³-hybridized carbons (Fsp3) is 0.130. The number of benzene rings is 3. The van der Waals surface area contributed by atoms with Gasteiger partial charge in [0.05, 0.1) is 25.6 Å². The van der Waals surface area contributed by atoms with Crippen molar-refractivity contribution in [2.45, 2.75) is 0 Å². The molecule has 0 aliphatic rings. The Morgan fingerprint density at radius 1 is 1.10 bits per heavy atom. The van der Waals surface area contributed by atoms with E-state index in [0.29, 0.717) is 11.5 Å². The van der Waals surface area contributed by atoms with Gasteiger partial charge in [-0.1, -0.05) is 48.4 Å². The zero-order chi connectivity index (χ0) is 20.5. The lowest BCUT2D eigenvalue weighted by atomic mass is 10.0. The maximum atomic E-state index is 12.1. The van der Waals surface area contributed by atoms with Crippen LogP contribution in [0.3, 0.4) is 0 Å². The van der Waals surface area contributed by atoms with E-state index in [-0.39, 0.29) is 19.1 Å². The van der Waals surface area contributed by atoms with Crippen LogP contribution in [0.15, 0.2) is 65.8 Å². The quantitative estimate of drug-likeness (QED) is 0.353. The molecule has 0 fully saturated rings. The third-order valence-corrected chi connectivity index (χ3v) is 4.17. The van der Waals surface area contributed by atoms with Crippen LogP contribution in [0.5, 0.6) is 11.5 Å². The van der Waals surface area contributed by atoms with E-state index in [1.807, 2.05) is 60.7 Å². The van der Waals surface area contributed by atoms with E-state index in [0.717, 1.165) is 22.0 Å². The van der Waals surface area contributed by atoms with Crippen molar-refractivity contribution in [3.8, 4) is 23.8 Å². The second kappa shape index (κ2) is 9.81. The van der Waals surface area contributed by atoms with Crippen molar-refractivity contribution < 1.29 is 14.3 Å². The minimum absolute atomic E-state index is 0.0493. The maximum Gasteiger partial charge on any atom is 0.259 e. The van der Waals surface area contributed by atoms with Crippen molar-refractivity contribution in [1.82, 2.24) is 5.43 Å². The molecule has 6 nitrogen and oxygen atoms in total. The van der Waals surface area contributed by atoms with Crippen molar-refractivity contribution in [2.24, 2.45) is 5.10 Å². The Labute approximate surface area is 169 Å². The molecule has 1 amide bonds. The molecule has 6 heteroatoms. The number of nitrogens with zero attached hydrogens (tertiary/aromatic N) is 1. The van der Waals surface area contributed by atoms with Crippen molar-refractivity contribution in [2.75, 3.05) is 25.6 Å². The number of anilines is 1. The minimum atomic E-state index is -0.293. The van der Waals surface area contributed by atoms with E-state index >= 15 is 0 Å². The van der Waals surface area contributed by atoms with Gasteiger partial charge in [-0.25, -0.2) is 5.43 Å². The highest BCUT2D eigenvalue weighted by Crippen LogP contribution is 2.26. The molecule has 29 heavy (non-hydrogen) atoms. The number of methoxy groups -OCH3 is 1. The van der Waals surface area contributed by atoms with Gasteiger partial charge in [0.15, 0.2) is 0 Å². The smallest absolute Gasteiger partial charge is 0.259 e. The Kier molecular flexibility index (Phi) is 6.69. The average molecular weight is 387 g/mol. The number of nitrogens with one attached hydrogen (secondary N) is 2. The first-order valence-corrected chi connectivity index (χ1v) is 8.99. The average Bonchev–Trinajstić information content (AvgIpc) is 2.77. The standard InChI is InChI=1S/C23H21N3O3/c1-3-14-29-21-13-12-17-8-4-5-9-18(17)19(21)15-25-26-23(27)16-24-20-10-6-7-11-22(20)28-2/h1,4-13,15,24H,14,16H2,2H3,(H,26,27)/b25-15-. The number of hydrogen-bond donors (Lipinski definition) is 2. The normalized spacial score (nSPS) is 10.5. The summed E-state index contributed by atoms with van der Waals surface area (Å²) < 4.78 is 10.9. The Morgan fingerprint density at radius 3 is 2.72 bits per heavy atom. The number of amides is 1. The van der Waals surface area contributed by atoms with Crippen LogP contribution in [0.2, 0.25) is 0 Å². The van der Waals surface area contributed by atoms with Gasteiger partial charge in [-0.2, -0.15) is 5.10 Å². The van der Waals surface area contributed by atoms with E-state index in [1.165, 1.54) is 0 Å². The summed E-state index contributed by atoms with van der Waals surface area (Å²) in [5, 5.41) is 9.10. The van der Waals surface area contributed by atoms with Crippen LogP contribution in [-0.4, -0.2) is 32.4 Å². The number of hydrogen-bond acceptors (Lipinski definition) is 5. The van der Waals surface area contributed by atoms with E-state index < -0.39 is 0 Å². The predicted octanol–water partition coefficient (Wildman–Crippen LogP) is 3.42. The number of fused-ring (bicyclic) bond motifs is 1. The summed E-state index contributed by atoms with van der Waals surface area (Å²) in [6, 6.07) is 19.0. The van der Waals surface area contributed by atoms with Gasteiger partial charge >= 0.3 is 0 Å². The molecule has 0 bridgehead atoms. The van der Waals surface area contributed by atoms with Crippen LogP contribution in [0.1, 0.15) is 5.56 Å². The van der Waals surface area contributed by atoms with Crippen LogP contribution >= 0.6 is 0 Å². The van der Waals surface area contributed by atoms with Crippen molar-refractivity contribution in [3.05, 3.63) is 66.2 Å². The van der Waals surface area contributed by atoms with Crippen molar-refractivity contribution in [3.63, 3.8) is 0 Å². The zero-order valence-corrected chi connectivity index (χ0v) is 16.0. The lowest BCUT2D eigenvalue weighted by Gasteiger charge is -2.10. The first-order valence-electron chi connectivity index (χ1n) is 8.99. The molecule has 0 atom stereocenters. The van der Waals surface area contributed by atoms with Gasteiger partial charge in [0.2, 0.25) is 0 Å². The molecular weight excluding hydrogens is 366 g/mol. The number of para-hydroxylation sites is 2. The number of carbonyl (C=O) groups excluding carboxylic acids is 1. The third kappa shape index (κ3) is 5.05.